The van der Waals surface area contributed by atoms with E-state index in [2.05, 4.69) is 15.5 Å². The molecule has 1 saturated heterocycles. The molecule has 0 radical (unpaired) electrons. The molecule has 23 heavy (non-hydrogen) atoms. The van der Waals surface area contributed by atoms with Crippen LogP contribution in [-0.2, 0) is 9.47 Å². The second-order valence-corrected chi connectivity index (χ2v) is 5.04. The summed E-state index contributed by atoms with van der Waals surface area (Å²) in [6, 6.07) is 6.79. The predicted octanol–water partition coefficient (Wildman–Crippen LogP) is 1.99. The molecular formula is C15H18ClN3O4. The Morgan fingerprint density at radius 1 is 1.43 bits per heavy atom. The average molecular weight is 340 g/mol. The number of carbonyl (C=O) groups is 1. The number of nitrogens with one attached hydrogen (secondary N) is 1. The molecule has 124 valence electrons. The van der Waals surface area contributed by atoms with E-state index in [9.17, 15) is 4.79 Å². The molecule has 0 amide bonds. The SMILES string of the molecule is COC(=O)c1cccc(-c2noc([C@H]3NCCO[C@@H]3C)n2)c1.Cl. The molecule has 1 aliphatic heterocycles. The van der Waals surface area contributed by atoms with E-state index < -0.39 is 5.97 Å². The predicted molar refractivity (Wildman–Crippen MR) is 84.5 cm³/mol. The van der Waals surface area contributed by atoms with Crippen molar-refractivity contribution in [3.8, 4) is 11.4 Å². The molecule has 0 saturated carbocycles. The van der Waals surface area contributed by atoms with Crippen LogP contribution >= 0.6 is 12.4 Å². The van der Waals surface area contributed by atoms with Crippen LogP contribution in [0.3, 0.4) is 0 Å². The van der Waals surface area contributed by atoms with E-state index >= 15 is 0 Å². The van der Waals surface area contributed by atoms with Gasteiger partial charge in [-0.15, -0.1) is 12.4 Å². The molecule has 1 aromatic carbocycles. The van der Waals surface area contributed by atoms with Gasteiger partial charge in [-0.25, -0.2) is 4.79 Å². The first-order valence-corrected chi connectivity index (χ1v) is 7.06. The number of benzene rings is 1. The minimum absolute atomic E-state index is 0. The number of rotatable bonds is 3. The second-order valence-electron chi connectivity index (χ2n) is 5.04. The van der Waals surface area contributed by atoms with Gasteiger partial charge < -0.3 is 19.3 Å². The Bertz CT molecular complexity index is 676. The van der Waals surface area contributed by atoms with Crippen LogP contribution in [-0.4, -0.2) is 42.5 Å². The van der Waals surface area contributed by atoms with Crippen LogP contribution in [0, 0.1) is 0 Å². The van der Waals surface area contributed by atoms with Gasteiger partial charge in [0.25, 0.3) is 0 Å². The lowest BCUT2D eigenvalue weighted by Gasteiger charge is -2.27. The Morgan fingerprint density at radius 3 is 3.00 bits per heavy atom. The van der Waals surface area contributed by atoms with Crippen molar-refractivity contribution in [3.05, 3.63) is 35.7 Å². The van der Waals surface area contributed by atoms with Crippen LogP contribution in [0.1, 0.15) is 29.2 Å². The van der Waals surface area contributed by atoms with E-state index in [-0.39, 0.29) is 24.6 Å². The fourth-order valence-electron chi connectivity index (χ4n) is 2.39. The van der Waals surface area contributed by atoms with Crippen LogP contribution < -0.4 is 5.32 Å². The summed E-state index contributed by atoms with van der Waals surface area (Å²) in [5.41, 5.74) is 1.14. The third kappa shape index (κ3) is 3.69. The van der Waals surface area contributed by atoms with E-state index in [4.69, 9.17) is 14.0 Å². The summed E-state index contributed by atoms with van der Waals surface area (Å²) < 4.78 is 15.6. The molecular weight excluding hydrogens is 322 g/mol. The minimum Gasteiger partial charge on any atom is -0.465 e. The van der Waals surface area contributed by atoms with Crippen molar-refractivity contribution in [2.45, 2.75) is 19.1 Å². The van der Waals surface area contributed by atoms with Crippen molar-refractivity contribution in [3.63, 3.8) is 0 Å². The summed E-state index contributed by atoms with van der Waals surface area (Å²) >= 11 is 0. The minimum atomic E-state index is -0.401. The number of nitrogens with zero attached hydrogens (tertiary/aromatic N) is 2. The lowest BCUT2D eigenvalue weighted by Crippen LogP contribution is -2.40. The smallest absolute Gasteiger partial charge is 0.337 e. The Labute approximate surface area is 139 Å². The van der Waals surface area contributed by atoms with Crippen molar-refractivity contribution in [2.24, 2.45) is 0 Å². The molecule has 1 aliphatic rings. The third-order valence-corrected chi connectivity index (χ3v) is 3.57. The molecule has 0 spiro atoms. The number of hydrogen-bond donors (Lipinski definition) is 1. The summed E-state index contributed by atoms with van der Waals surface area (Å²) in [6.07, 6.45) is -0.0385. The number of ether oxygens (including phenoxy) is 2. The van der Waals surface area contributed by atoms with Gasteiger partial charge in [-0.2, -0.15) is 4.98 Å². The molecule has 8 heteroatoms. The summed E-state index contributed by atoms with van der Waals surface area (Å²) in [6.45, 7) is 3.36. The number of carbonyl (C=O) groups excluding carboxylic acids is 1. The maximum Gasteiger partial charge on any atom is 0.337 e. The van der Waals surface area contributed by atoms with Gasteiger partial charge >= 0.3 is 5.97 Å². The monoisotopic (exact) mass is 339 g/mol. The van der Waals surface area contributed by atoms with Gasteiger partial charge in [0, 0.05) is 12.1 Å². The van der Waals surface area contributed by atoms with Gasteiger partial charge in [-0.3, -0.25) is 0 Å². The standard InChI is InChI=1S/C15H17N3O4.ClH/c1-9-12(16-6-7-21-9)14-17-13(18-22-14)10-4-3-5-11(8-10)15(19)20-2;/h3-5,8-9,12,16H,6-7H2,1-2H3;1H/t9-,12+;/m1./s1. The van der Waals surface area contributed by atoms with Crippen LogP contribution in [0.5, 0.6) is 0 Å². The van der Waals surface area contributed by atoms with Crippen LogP contribution in [0.25, 0.3) is 11.4 Å². The Hall–Kier alpha value is -1.96. The first-order chi connectivity index (χ1) is 10.7. The van der Waals surface area contributed by atoms with Crippen LogP contribution in [0.15, 0.2) is 28.8 Å². The summed E-state index contributed by atoms with van der Waals surface area (Å²) in [4.78, 5) is 16.0. The second kappa shape index (κ2) is 7.54. The van der Waals surface area contributed by atoms with Gasteiger partial charge in [0.15, 0.2) is 0 Å². The largest absolute Gasteiger partial charge is 0.465 e. The summed E-state index contributed by atoms with van der Waals surface area (Å²) in [5.74, 6) is 0.507. The topological polar surface area (TPSA) is 86.5 Å². The number of morpholine rings is 1. The van der Waals surface area contributed by atoms with Gasteiger partial charge in [0.2, 0.25) is 11.7 Å². The molecule has 0 bridgehead atoms. The van der Waals surface area contributed by atoms with E-state index in [1.807, 2.05) is 13.0 Å². The number of aromatic nitrogens is 2. The number of halogens is 1. The van der Waals surface area contributed by atoms with Crippen LogP contribution in [0.2, 0.25) is 0 Å². The molecule has 0 unspecified atom stereocenters. The zero-order valence-electron chi connectivity index (χ0n) is 12.8. The quantitative estimate of drug-likeness (QED) is 0.856. The molecule has 2 atom stereocenters. The number of hydrogen-bond acceptors (Lipinski definition) is 7. The van der Waals surface area contributed by atoms with Gasteiger partial charge in [-0.05, 0) is 19.1 Å². The fourth-order valence-corrected chi connectivity index (χ4v) is 2.39. The molecule has 2 heterocycles. The van der Waals surface area contributed by atoms with E-state index in [0.29, 0.717) is 29.4 Å². The van der Waals surface area contributed by atoms with E-state index in [1.54, 1.807) is 18.2 Å². The Balaban J connectivity index is 0.00000192. The molecule has 1 fully saturated rings. The normalized spacial score (nSPS) is 20.6. The molecule has 7 nitrogen and oxygen atoms in total. The number of methoxy groups -OCH3 is 1. The molecule has 0 aliphatic carbocycles. The highest BCUT2D eigenvalue weighted by atomic mass is 35.5. The highest BCUT2D eigenvalue weighted by molar-refractivity contribution is 5.90. The Morgan fingerprint density at radius 2 is 2.26 bits per heavy atom. The van der Waals surface area contributed by atoms with Crippen molar-refractivity contribution in [1.29, 1.82) is 0 Å². The van der Waals surface area contributed by atoms with Crippen molar-refractivity contribution < 1.29 is 18.8 Å². The number of esters is 1. The average Bonchev–Trinajstić information content (AvgIpc) is 3.04. The Kier molecular flexibility index (Phi) is 5.70. The third-order valence-electron chi connectivity index (χ3n) is 3.57. The van der Waals surface area contributed by atoms with Crippen molar-refractivity contribution in [1.82, 2.24) is 15.5 Å². The summed E-state index contributed by atoms with van der Waals surface area (Å²) in [5, 5.41) is 7.28. The maximum absolute atomic E-state index is 11.6. The van der Waals surface area contributed by atoms with Crippen molar-refractivity contribution >= 4 is 18.4 Å². The highest BCUT2D eigenvalue weighted by Crippen LogP contribution is 2.24. The van der Waals surface area contributed by atoms with Gasteiger partial charge in [-0.1, -0.05) is 17.3 Å². The first-order valence-electron chi connectivity index (χ1n) is 7.06. The maximum atomic E-state index is 11.6. The molecule has 2 aromatic rings. The van der Waals surface area contributed by atoms with Crippen molar-refractivity contribution in [2.75, 3.05) is 20.3 Å². The van der Waals surface area contributed by atoms with Crippen LogP contribution in [0.4, 0.5) is 0 Å². The molecule has 1 N–H and O–H groups in total. The zero-order chi connectivity index (χ0) is 15.5. The summed E-state index contributed by atoms with van der Waals surface area (Å²) in [7, 11) is 1.34. The lowest BCUT2D eigenvalue weighted by molar-refractivity contribution is -0.00136. The van der Waals surface area contributed by atoms with Gasteiger partial charge in [0.05, 0.1) is 25.4 Å². The fraction of sp³-hybridized carbons (Fsp3) is 0.400. The highest BCUT2D eigenvalue weighted by Gasteiger charge is 2.28. The molecule has 3 rings (SSSR count). The van der Waals surface area contributed by atoms with E-state index in [1.165, 1.54) is 7.11 Å². The van der Waals surface area contributed by atoms with Gasteiger partial charge in [0.1, 0.15) is 6.04 Å². The van der Waals surface area contributed by atoms with E-state index in [0.717, 1.165) is 6.54 Å². The first kappa shape index (κ1) is 17.4. The lowest BCUT2D eigenvalue weighted by atomic mass is 10.1. The molecule has 1 aromatic heterocycles. The zero-order valence-corrected chi connectivity index (χ0v) is 13.6.